The highest BCUT2D eigenvalue weighted by Gasteiger charge is 2.18. The molecule has 1 aliphatic heterocycles. The predicted molar refractivity (Wildman–Crippen MR) is 74.5 cm³/mol. The first-order valence-electron chi connectivity index (χ1n) is 6.45. The van der Waals surface area contributed by atoms with E-state index in [2.05, 4.69) is 27.9 Å². The van der Waals surface area contributed by atoms with E-state index < -0.39 is 0 Å². The molecule has 0 aliphatic carbocycles. The lowest BCUT2D eigenvalue weighted by Crippen LogP contribution is -2.37. The fraction of sp³-hybridized carbons (Fsp3) is 0.571. The first kappa shape index (κ1) is 13.8. The Kier molecular flexibility index (Phi) is 5.01. The molecule has 1 aromatic carbocycles. The van der Waals surface area contributed by atoms with Crippen molar-refractivity contribution >= 4 is 15.9 Å². The molecule has 0 N–H and O–H groups in total. The van der Waals surface area contributed by atoms with Crippen molar-refractivity contribution < 1.29 is 9.13 Å². The fourth-order valence-electron chi connectivity index (χ4n) is 2.40. The third kappa shape index (κ3) is 3.69. The SMILES string of the molecule is CN1CCCCC1CCOc1cc(Br)ccc1F. The lowest BCUT2D eigenvalue weighted by atomic mass is 10.0. The van der Waals surface area contributed by atoms with Gasteiger partial charge in [0.15, 0.2) is 11.6 Å². The third-order valence-corrected chi connectivity index (χ3v) is 4.02. The van der Waals surface area contributed by atoms with E-state index in [1.54, 1.807) is 12.1 Å². The Hall–Kier alpha value is -0.610. The number of rotatable bonds is 4. The van der Waals surface area contributed by atoms with Crippen LogP contribution < -0.4 is 4.74 Å². The van der Waals surface area contributed by atoms with Gasteiger partial charge in [-0.05, 0) is 51.1 Å². The second-order valence-electron chi connectivity index (χ2n) is 4.84. The molecule has 18 heavy (non-hydrogen) atoms. The van der Waals surface area contributed by atoms with Crippen LogP contribution in [0.15, 0.2) is 22.7 Å². The van der Waals surface area contributed by atoms with Gasteiger partial charge in [-0.2, -0.15) is 0 Å². The standard InChI is InChI=1S/C14H19BrFNO/c1-17-8-3-2-4-12(17)7-9-18-14-10-11(15)5-6-13(14)16/h5-6,10,12H,2-4,7-9H2,1H3. The molecule has 1 unspecified atom stereocenters. The molecule has 0 bridgehead atoms. The van der Waals surface area contributed by atoms with Crippen LogP contribution in [0.3, 0.4) is 0 Å². The predicted octanol–water partition coefficient (Wildman–Crippen LogP) is 3.84. The van der Waals surface area contributed by atoms with Crippen LogP contribution in [0, 0.1) is 5.82 Å². The molecule has 0 radical (unpaired) electrons. The summed E-state index contributed by atoms with van der Waals surface area (Å²) in [6, 6.07) is 5.36. The van der Waals surface area contributed by atoms with Crippen molar-refractivity contribution in [1.29, 1.82) is 0 Å². The summed E-state index contributed by atoms with van der Waals surface area (Å²) in [6.07, 6.45) is 4.76. The molecule has 1 fully saturated rings. The molecule has 1 saturated heterocycles. The van der Waals surface area contributed by atoms with Crippen LogP contribution in [-0.2, 0) is 0 Å². The number of benzene rings is 1. The van der Waals surface area contributed by atoms with Crippen molar-refractivity contribution in [1.82, 2.24) is 4.90 Å². The minimum Gasteiger partial charge on any atom is -0.490 e. The summed E-state index contributed by atoms with van der Waals surface area (Å²) in [5.74, 6) is 0.0398. The van der Waals surface area contributed by atoms with Crippen molar-refractivity contribution in [3.8, 4) is 5.75 Å². The zero-order chi connectivity index (χ0) is 13.0. The van der Waals surface area contributed by atoms with Gasteiger partial charge in [0.25, 0.3) is 0 Å². The molecule has 0 aromatic heterocycles. The van der Waals surface area contributed by atoms with Gasteiger partial charge in [0.1, 0.15) is 0 Å². The molecule has 0 spiro atoms. The average molecular weight is 316 g/mol. The van der Waals surface area contributed by atoms with Crippen LogP contribution in [0.4, 0.5) is 4.39 Å². The summed E-state index contributed by atoms with van der Waals surface area (Å²) >= 11 is 3.32. The smallest absolute Gasteiger partial charge is 0.165 e. The largest absolute Gasteiger partial charge is 0.490 e. The number of nitrogens with zero attached hydrogens (tertiary/aromatic N) is 1. The summed E-state index contributed by atoms with van der Waals surface area (Å²) in [4.78, 5) is 2.38. The number of halogens is 2. The number of hydrogen-bond acceptors (Lipinski definition) is 2. The minimum atomic E-state index is -0.296. The van der Waals surface area contributed by atoms with E-state index in [-0.39, 0.29) is 5.82 Å². The highest BCUT2D eigenvalue weighted by atomic mass is 79.9. The summed E-state index contributed by atoms with van der Waals surface area (Å²) in [6.45, 7) is 1.73. The van der Waals surface area contributed by atoms with E-state index in [1.807, 2.05) is 0 Å². The second kappa shape index (κ2) is 6.53. The zero-order valence-corrected chi connectivity index (χ0v) is 12.2. The van der Waals surface area contributed by atoms with E-state index in [1.165, 1.54) is 25.3 Å². The summed E-state index contributed by atoms with van der Waals surface area (Å²) in [5.41, 5.74) is 0. The molecule has 0 saturated carbocycles. The second-order valence-corrected chi connectivity index (χ2v) is 5.76. The highest BCUT2D eigenvalue weighted by molar-refractivity contribution is 9.10. The third-order valence-electron chi connectivity index (χ3n) is 3.52. The van der Waals surface area contributed by atoms with Crippen LogP contribution in [0.25, 0.3) is 0 Å². The topological polar surface area (TPSA) is 12.5 Å². The average Bonchev–Trinajstić information content (AvgIpc) is 2.36. The summed E-state index contributed by atoms with van der Waals surface area (Å²) in [7, 11) is 2.16. The molecule has 0 amide bonds. The molecule has 1 aliphatic rings. The van der Waals surface area contributed by atoms with Crippen molar-refractivity contribution in [2.24, 2.45) is 0 Å². The number of ether oxygens (including phenoxy) is 1. The van der Waals surface area contributed by atoms with E-state index in [0.717, 1.165) is 17.4 Å². The lowest BCUT2D eigenvalue weighted by molar-refractivity contribution is 0.151. The highest BCUT2D eigenvalue weighted by Crippen LogP contribution is 2.23. The van der Waals surface area contributed by atoms with Crippen molar-refractivity contribution in [2.45, 2.75) is 31.7 Å². The van der Waals surface area contributed by atoms with Gasteiger partial charge in [-0.3, -0.25) is 0 Å². The van der Waals surface area contributed by atoms with Gasteiger partial charge in [0.05, 0.1) is 6.61 Å². The lowest BCUT2D eigenvalue weighted by Gasteiger charge is -2.32. The van der Waals surface area contributed by atoms with Crippen molar-refractivity contribution in [3.05, 3.63) is 28.5 Å². The van der Waals surface area contributed by atoms with Crippen LogP contribution in [0.1, 0.15) is 25.7 Å². The first-order valence-corrected chi connectivity index (χ1v) is 7.24. The van der Waals surface area contributed by atoms with Crippen LogP contribution in [0.5, 0.6) is 5.75 Å². The van der Waals surface area contributed by atoms with E-state index >= 15 is 0 Å². The van der Waals surface area contributed by atoms with Crippen LogP contribution >= 0.6 is 15.9 Å². The summed E-state index contributed by atoms with van der Waals surface area (Å²) < 4.78 is 19.8. The maximum atomic E-state index is 13.5. The molecule has 4 heteroatoms. The Bertz CT molecular complexity index is 399. The van der Waals surface area contributed by atoms with Gasteiger partial charge in [0, 0.05) is 10.5 Å². The molecule has 1 atom stereocenters. The Balaban J connectivity index is 1.82. The molecule has 1 aromatic rings. The van der Waals surface area contributed by atoms with Gasteiger partial charge >= 0.3 is 0 Å². The maximum Gasteiger partial charge on any atom is 0.165 e. The minimum absolute atomic E-state index is 0.296. The van der Waals surface area contributed by atoms with E-state index in [4.69, 9.17) is 4.74 Å². The number of likely N-dealkylation sites (tertiary alicyclic amines) is 1. The maximum absolute atomic E-state index is 13.5. The molecular formula is C14H19BrFNO. The molecule has 100 valence electrons. The quantitative estimate of drug-likeness (QED) is 0.837. The van der Waals surface area contributed by atoms with Gasteiger partial charge in [-0.15, -0.1) is 0 Å². The van der Waals surface area contributed by atoms with E-state index in [0.29, 0.717) is 18.4 Å². The van der Waals surface area contributed by atoms with Crippen LogP contribution in [0.2, 0.25) is 0 Å². The van der Waals surface area contributed by atoms with Crippen LogP contribution in [-0.4, -0.2) is 31.1 Å². The Morgan fingerprint density at radius 1 is 1.44 bits per heavy atom. The molecule has 2 nitrogen and oxygen atoms in total. The zero-order valence-electron chi connectivity index (χ0n) is 10.7. The first-order chi connectivity index (χ1) is 8.66. The monoisotopic (exact) mass is 315 g/mol. The van der Waals surface area contributed by atoms with Gasteiger partial charge < -0.3 is 9.64 Å². The number of piperidine rings is 1. The van der Waals surface area contributed by atoms with Gasteiger partial charge in [-0.25, -0.2) is 4.39 Å². The molecular weight excluding hydrogens is 297 g/mol. The molecule has 1 heterocycles. The van der Waals surface area contributed by atoms with Crippen molar-refractivity contribution in [2.75, 3.05) is 20.2 Å². The van der Waals surface area contributed by atoms with Crippen molar-refractivity contribution in [3.63, 3.8) is 0 Å². The van der Waals surface area contributed by atoms with E-state index in [9.17, 15) is 4.39 Å². The van der Waals surface area contributed by atoms with Gasteiger partial charge in [-0.1, -0.05) is 22.4 Å². The fourth-order valence-corrected chi connectivity index (χ4v) is 2.74. The normalized spacial score (nSPS) is 20.9. The Morgan fingerprint density at radius 3 is 3.06 bits per heavy atom. The number of hydrogen-bond donors (Lipinski definition) is 0. The Morgan fingerprint density at radius 2 is 2.28 bits per heavy atom. The van der Waals surface area contributed by atoms with Gasteiger partial charge in [0.2, 0.25) is 0 Å². The summed E-state index contributed by atoms with van der Waals surface area (Å²) in [5, 5.41) is 0. The Labute approximate surface area is 116 Å². The molecule has 2 rings (SSSR count).